The highest BCUT2D eigenvalue weighted by molar-refractivity contribution is 7.18. The first-order chi connectivity index (χ1) is 9.76. The maximum absolute atomic E-state index is 5.97. The molecule has 0 bridgehead atoms. The van der Waals surface area contributed by atoms with E-state index in [0.29, 0.717) is 6.54 Å². The fourth-order valence-electron chi connectivity index (χ4n) is 1.90. The molecule has 0 saturated carbocycles. The smallest absolute Gasteiger partial charge is 0.225 e. The Hall–Kier alpha value is -1.73. The second kappa shape index (κ2) is 5.72. The topological polar surface area (TPSA) is 79.4 Å². The molecule has 3 aromatic rings. The zero-order valence-corrected chi connectivity index (χ0v) is 12.4. The maximum atomic E-state index is 5.97. The second-order valence-corrected chi connectivity index (χ2v) is 5.69. The Morgan fingerprint density at radius 3 is 3.05 bits per heavy atom. The summed E-state index contributed by atoms with van der Waals surface area (Å²) in [6, 6.07) is 2.12. The lowest BCUT2D eigenvalue weighted by Crippen LogP contribution is -2.08. The minimum atomic E-state index is 0.268. The van der Waals surface area contributed by atoms with Gasteiger partial charge in [0.15, 0.2) is 0 Å². The molecule has 3 rings (SSSR count). The van der Waals surface area contributed by atoms with Crippen LogP contribution in [-0.2, 0) is 12.8 Å². The van der Waals surface area contributed by atoms with E-state index in [1.165, 1.54) is 11.2 Å². The molecule has 0 aliphatic heterocycles. The van der Waals surface area contributed by atoms with Crippen molar-refractivity contribution in [1.82, 2.24) is 25.1 Å². The van der Waals surface area contributed by atoms with E-state index in [1.807, 2.05) is 0 Å². The maximum Gasteiger partial charge on any atom is 0.225 e. The summed E-state index contributed by atoms with van der Waals surface area (Å²) in [6.07, 6.45) is 3.23. The largest absolute Gasteiger partial charge is 0.369 e. The van der Waals surface area contributed by atoms with Crippen molar-refractivity contribution < 1.29 is 0 Å². The number of nitrogens with zero attached hydrogens (tertiary/aromatic N) is 4. The van der Waals surface area contributed by atoms with Gasteiger partial charge >= 0.3 is 0 Å². The first-order valence-corrected chi connectivity index (χ1v) is 7.49. The van der Waals surface area contributed by atoms with Crippen LogP contribution in [0.1, 0.15) is 17.6 Å². The summed E-state index contributed by atoms with van der Waals surface area (Å²) >= 11 is 7.62. The number of hydrogen-bond donors (Lipinski definition) is 2. The molecule has 3 heterocycles. The molecule has 3 aromatic heterocycles. The van der Waals surface area contributed by atoms with Gasteiger partial charge in [-0.25, -0.2) is 15.0 Å². The van der Waals surface area contributed by atoms with Gasteiger partial charge < -0.3 is 5.32 Å². The first-order valence-electron chi connectivity index (χ1n) is 6.30. The van der Waals surface area contributed by atoms with Crippen molar-refractivity contribution in [2.24, 2.45) is 0 Å². The number of aromatic amines is 1. The number of thiophene rings is 1. The van der Waals surface area contributed by atoms with E-state index in [2.05, 4.69) is 43.5 Å². The molecule has 6 nitrogen and oxygen atoms in total. The highest BCUT2D eigenvalue weighted by atomic mass is 35.5. The van der Waals surface area contributed by atoms with Gasteiger partial charge in [-0.3, -0.25) is 5.10 Å². The van der Waals surface area contributed by atoms with Crippen LogP contribution in [-0.4, -0.2) is 31.7 Å². The normalized spacial score (nSPS) is 11.1. The van der Waals surface area contributed by atoms with E-state index in [9.17, 15) is 0 Å². The number of hydrogen-bond acceptors (Lipinski definition) is 6. The van der Waals surface area contributed by atoms with Gasteiger partial charge in [-0.1, -0.05) is 6.92 Å². The van der Waals surface area contributed by atoms with Crippen molar-refractivity contribution in [3.05, 3.63) is 28.4 Å². The van der Waals surface area contributed by atoms with Crippen molar-refractivity contribution in [3.8, 4) is 0 Å². The first kappa shape index (κ1) is 13.3. The van der Waals surface area contributed by atoms with E-state index in [0.717, 1.165) is 34.7 Å². The molecular formula is C12H13ClN6S. The van der Waals surface area contributed by atoms with E-state index in [1.54, 1.807) is 11.3 Å². The number of aryl methyl sites for hydroxylation is 1. The van der Waals surface area contributed by atoms with Gasteiger partial charge in [0, 0.05) is 17.8 Å². The molecule has 0 radical (unpaired) electrons. The van der Waals surface area contributed by atoms with Gasteiger partial charge in [0.2, 0.25) is 5.28 Å². The molecule has 0 aromatic carbocycles. The van der Waals surface area contributed by atoms with Gasteiger partial charge in [0.1, 0.15) is 22.8 Å². The summed E-state index contributed by atoms with van der Waals surface area (Å²) in [5.41, 5.74) is 0. The molecule has 0 unspecified atom stereocenters. The molecule has 0 amide bonds. The summed E-state index contributed by atoms with van der Waals surface area (Å²) in [5, 5.41) is 11.2. The molecule has 8 heteroatoms. The van der Waals surface area contributed by atoms with Crippen molar-refractivity contribution in [3.63, 3.8) is 0 Å². The molecule has 2 N–H and O–H groups in total. The van der Waals surface area contributed by atoms with Crippen LogP contribution in [0.4, 0.5) is 5.82 Å². The number of fused-ring (bicyclic) bond motifs is 1. The average molecular weight is 309 g/mol. The number of rotatable bonds is 5. The summed E-state index contributed by atoms with van der Waals surface area (Å²) in [7, 11) is 0. The van der Waals surface area contributed by atoms with Crippen LogP contribution in [0.3, 0.4) is 0 Å². The predicted molar refractivity (Wildman–Crippen MR) is 80.4 cm³/mol. The standard InChI is InChI=1S/C12H13ClN6S/c1-2-7-5-8-10(17-12(13)18-11(8)20-7)14-4-3-9-15-6-16-19-9/h5-6H,2-4H2,1H3,(H,14,17,18)(H,15,16,19). The average Bonchev–Trinajstić information content (AvgIpc) is 3.06. The molecule has 20 heavy (non-hydrogen) atoms. The molecular weight excluding hydrogens is 296 g/mol. The van der Waals surface area contributed by atoms with Gasteiger partial charge in [0.05, 0.1) is 5.39 Å². The Labute approximate surface area is 124 Å². The van der Waals surface area contributed by atoms with Crippen molar-refractivity contribution in [2.45, 2.75) is 19.8 Å². The lowest BCUT2D eigenvalue weighted by molar-refractivity contribution is 0.898. The lowest BCUT2D eigenvalue weighted by Gasteiger charge is -2.05. The highest BCUT2D eigenvalue weighted by Gasteiger charge is 2.10. The summed E-state index contributed by atoms with van der Waals surface area (Å²) < 4.78 is 0. The van der Waals surface area contributed by atoms with Crippen molar-refractivity contribution in [1.29, 1.82) is 0 Å². The van der Waals surface area contributed by atoms with E-state index in [4.69, 9.17) is 11.6 Å². The number of nitrogens with one attached hydrogen (secondary N) is 2. The highest BCUT2D eigenvalue weighted by Crippen LogP contribution is 2.30. The minimum Gasteiger partial charge on any atom is -0.369 e. The van der Waals surface area contributed by atoms with Crippen LogP contribution in [0, 0.1) is 0 Å². The Bertz CT molecular complexity index is 708. The third kappa shape index (κ3) is 2.73. The number of halogens is 1. The fourth-order valence-corrected chi connectivity index (χ4v) is 3.09. The SMILES string of the molecule is CCc1cc2c(NCCc3ncn[nH]3)nc(Cl)nc2s1. The number of aromatic nitrogens is 5. The van der Waals surface area contributed by atoms with Crippen molar-refractivity contribution in [2.75, 3.05) is 11.9 Å². The quantitative estimate of drug-likeness (QED) is 0.708. The van der Waals surface area contributed by atoms with E-state index < -0.39 is 0 Å². The van der Waals surface area contributed by atoms with Crippen LogP contribution < -0.4 is 5.32 Å². The Balaban J connectivity index is 1.80. The van der Waals surface area contributed by atoms with E-state index >= 15 is 0 Å². The van der Waals surface area contributed by atoms with Crippen LogP contribution >= 0.6 is 22.9 Å². The van der Waals surface area contributed by atoms with Gasteiger partial charge in [-0.2, -0.15) is 5.10 Å². The molecule has 0 atom stereocenters. The number of H-pyrrole nitrogens is 1. The molecule has 0 saturated heterocycles. The van der Waals surface area contributed by atoms with Gasteiger partial charge in [0.25, 0.3) is 0 Å². The lowest BCUT2D eigenvalue weighted by atomic mass is 10.3. The predicted octanol–water partition coefficient (Wildman–Crippen LogP) is 2.68. The fraction of sp³-hybridized carbons (Fsp3) is 0.333. The minimum absolute atomic E-state index is 0.268. The van der Waals surface area contributed by atoms with E-state index in [-0.39, 0.29) is 5.28 Å². The molecule has 0 aliphatic rings. The molecule has 0 aliphatic carbocycles. The third-order valence-electron chi connectivity index (χ3n) is 2.88. The Morgan fingerprint density at radius 2 is 2.30 bits per heavy atom. The Kier molecular flexibility index (Phi) is 3.79. The van der Waals surface area contributed by atoms with Gasteiger partial charge in [-0.15, -0.1) is 11.3 Å². The zero-order valence-electron chi connectivity index (χ0n) is 10.9. The van der Waals surface area contributed by atoms with Gasteiger partial charge in [-0.05, 0) is 24.1 Å². The van der Waals surface area contributed by atoms with Crippen LogP contribution in [0.5, 0.6) is 0 Å². The Morgan fingerprint density at radius 1 is 1.40 bits per heavy atom. The number of anilines is 1. The van der Waals surface area contributed by atoms with Crippen LogP contribution in [0.2, 0.25) is 5.28 Å². The second-order valence-electron chi connectivity index (χ2n) is 4.24. The molecule has 0 spiro atoms. The summed E-state index contributed by atoms with van der Waals surface area (Å²) in [4.78, 5) is 14.8. The third-order valence-corrected chi connectivity index (χ3v) is 4.23. The van der Waals surface area contributed by atoms with Crippen LogP contribution in [0.15, 0.2) is 12.4 Å². The van der Waals surface area contributed by atoms with Crippen LogP contribution in [0.25, 0.3) is 10.2 Å². The summed E-state index contributed by atoms with van der Waals surface area (Å²) in [6.45, 7) is 2.83. The molecule has 0 fully saturated rings. The zero-order chi connectivity index (χ0) is 13.9. The van der Waals surface area contributed by atoms with Crippen molar-refractivity contribution >= 4 is 39.0 Å². The summed E-state index contributed by atoms with van der Waals surface area (Å²) in [5.74, 6) is 1.61. The monoisotopic (exact) mass is 308 g/mol. The molecule has 104 valence electrons.